The Hall–Kier alpha value is -0.410. The molecular weight excluding hydrogens is 208 g/mol. The van der Waals surface area contributed by atoms with Crippen LogP contribution in [0.1, 0.15) is 25.0 Å². The molecule has 3 heteroatoms. The zero-order chi connectivity index (χ0) is 10.5. The first kappa shape index (κ1) is 11.1. The van der Waals surface area contributed by atoms with Gasteiger partial charge < -0.3 is 9.52 Å². The first-order chi connectivity index (χ1) is 7.34. The van der Waals surface area contributed by atoms with E-state index in [9.17, 15) is 5.11 Å². The van der Waals surface area contributed by atoms with Gasteiger partial charge in [-0.1, -0.05) is 0 Å². The predicted octanol–water partition coefficient (Wildman–Crippen LogP) is 2.72. The van der Waals surface area contributed by atoms with Crippen LogP contribution in [0.4, 0.5) is 0 Å². The summed E-state index contributed by atoms with van der Waals surface area (Å²) in [6, 6.07) is 3.80. The second-order valence-electron chi connectivity index (χ2n) is 4.23. The van der Waals surface area contributed by atoms with Gasteiger partial charge in [0.2, 0.25) is 0 Å². The fourth-order valence-corrected chi connectivity index (χ4v) is 3.32. The quantitative estimate of drug-likeness (QED) is 0.857. The molecule has 0 spiro atoms. The van der Waals surface area contributed by atoms with Crippen LogP contribution in [0, 0.1) is 5.92 Å². The summed E-state index contributed by atoms with van der Waals surface area (Å²) in [6.45, 7) is 0. The van der Waals surface area contributed by atoms with Crippen LogP contribution in [-0.4, -0.2) is 22.7 Å². The van der Waals surface area contributed by atoms with Crippen LogP contribution in [0.15, 0.2) is 22.8 Å². The van der Waals surface area contributed by atoms with Gasteiger partial charge in [-0.15, -0.1) is 0 Å². The van der Waals surface area contributed by atoms with E-state index in [4.69, 9.17) is 4.42 Å². The molecule has 0 radical (unpaired) electrons. The maximum Gasteiger partial charge on any atom is 0.106 e. The Kier molecular flexibility index (Phi) is 4.15. The molecule has 2 heterocycles. The molecule has 1 aliphatic heterocycles. The largest absolute Gasteiger partial charge is 0.469 e. The van der Waals surface area contributed by atoms with Crippen molar-refractivity contribution >= 4 is 11.8 Å². The lowest BCUT2D eigenvalue weighted by atomic mass is 9.94. The molecule has 1 aromatic heterocycles. The van der Waals surface area contributed by atoms with Gasteiger partial charge in [-0.25, -0.2) is 0 Å². The van der Waals surface area contributed by atoms with E-state index in [1.165, 1.54) is 24.3 Å². The van der Waals surface area contributed by atoms with Gasteiger partial charge in [0, 0.05) is 6.42 Å². The number of aliphatic hydroxyl groups excluding tert-OH is 1. The molecule has 1 aromatic rings. The van der Waals surface area contributed by atoms with Crippen molar-refractivity contribution in [3.05, 3.63) is 24.2 Å². The lowest BCUT2D eigenvalue weighted by molar-refractivity contribution is 0.133. The molecule has 0 bridgehead atoms. The normalized spacial score (nSPS) is 20.3. The van der Waals surface area contributed by atoms with Crippen molar-refractivity contribution in [2.24, 2.45) is 5.92 Å². The number of furan rings is 1. The molecule has 0 aromatic carbocycles. The Balaban J connectivity index is 1.74. The van der Waals surface area contributed by atoms with E-state index >= 15 is 0 Å². The summed E-state index contributed by atoms with van der Waals surface area (Å²) in [5.41, 5.74) is 0. The molecule has 2 nitrogen and oxygen atoms in total. The van der Waals surface area contributed by atoms with Crippen LogP contribution < -0.4 is 0 Å². The molecule has 0 aliphatic carbocycles. The van der Waals surface area contributed by atoms with Gasteiger partial charge in [-0.3, -0.25) is 0 Å². The minimum absolute atomic E-state index is 0.232. The highest BCUT2D eigenvalue weighted by Gasteiger charge is 2.18. The molecule has 1 fully saturated rings. The lowest BCUT2D eigenvalue weighted by Gasteiger charge is -2.23. The number of hydrogen-bond acceptors (Lipinski definition) is 3. The van der Waals surface area contributed by atoms with E-state index in [1.807, 2.05) is 23.9 Å². The summed E-state index contributed by atoms with van der Waals surface area (Å²) in [4.78, 5) is 0. The molecule has 15 heavy (non-hydrogen) atoms. The van der Waals surface area contributed by atoms with Crippen LogP contribution in [0.2, 0.25) is 0 Å². The first-order valence-corrected chi connectivity index (χ1v) is 6.78. The van der Waals surface area contributed by atoms with Crippen molar-refractivity contribution < 1.29 is 9.52 Å². The molecule has 84 valence electrons. The molecule has 1 atom stereocenters. The Morgan fingerprint density at radius 1 is 1.47 bits per heavy atom. The van der Waals surface area contributed by atoms with Crippen molar-refractivity contribution in [3.63, 3.8) is 0 Å². The van der Waals surface area contributed by atoms with Crippen LogP contribution in [0.25, 0.3) is 0 Å². The van der Waals surface area contributed by atoms with Crippen LogP contribution >= 0.6 is 11.8 Å². The number of aliphatic hydroxyl groups is 1. The Labute approximate surface area is 95.1 Å². The number of thioether (sulfide) groups is 1. The van der Waals surface area contributed by atoms with Gasteiger partial charge in [-0.05, 0) is 48.8 Å². The van der Waals surface area contributed by atoms with Crippen molar-refractivity contribution in [3.8, 4) is 0 Å². The van der Waals surface area contributed by atoms with Gasteiger partial charge in [0.25, 0.3) is 0 Å². The molecule has 1 N–H and O–H groups in total. The third kappa shape index (κ3) is 3.58. The van der Waals surface area contributed by atoms with Gasteiger partial charge in [-0.2, -0.15) is 11.8 Å². The van der Waals surface area contributed by atoms with Crippen molar-refractivity contribution in [1.82, 2.24) is 0 Å². The van der Waals surface area contributed by atoms with E-state index in [0.717, 1.165) is 18.1 Å². The van der Waals surface area contributed by atoms with Gasteiger partial charge >= 0.3 is 0 Å². The monoisotopic (exact) mass is 226 g/mol. The highest BCUT2D eigenvalue weighted by Crippen LogP contribution is 2.27. The van der Waals surface area contributed by atoms with Crippen LogP contribution in [0.3, 0.4) is 0 Å². The van der Waals surface area contributed by atoms with Crippen molar-refractivity contribution in [1.29, 1.82) is 0 Å². The minimum Gasteiger partial charge on any atom is -0.469 e. The Bertz CT molecular complexity index is 265. The third-order valence-corrected chi connectivity index (χ3v) is 4.01. The highest BCUT2D eigenvalue weighted by molar-refractivity contribution is 7.99. The summed E-state index contributed by atoms with van der Waals surface area (Å²) in [5.74, 6) is 4.14. The summed E-state index contributed by atoms with van der Waals surface area (Å²) in [6.07, 6.45) is 5.56. The van der Waals surface area contributed by atoms with Gasteiger partial charge in [0.1, 0.15) is 5.76 Å². The summed E-state index contributed by atoms with van der Waals surface area (Å²) in [7, 11) is 0. The zero-order valence-electron chi connectivity index (χ0n) is 8.89. The predicted molar refractivity (Wildman–Crippen MR) is 63.1 cm³/mol. The standard InChI is InChI=1S/C12H18O2S/c13-11(9-12-2-1-5-14-12)8-10-3-6-15-7-4-10/h1-2,5,10-11,13H,3-4,6-9H2. The highest BCUT2D eigenvalue weighted by atomic mass is 32.2. The number of hydrogen-bond donors (Lipinski definition) is 1. The first-order valence-electron chi connectivity index (χ1n) is 5.63. The molecule has 0 amide bonds. The topological polar surface area (TPSA) is 33.4 Å². The van der Waals surface area contributed by atoms with Gasteiger partial charge in [0.05, 0.1) is 12.4 Å². The Morgan fingerprint density at radius 3 is 2.93 bits per heavy atom. The molecular formula is C12H18O2S. The summed E-state index contributed by atoms with van der Waals surface area (Å²) >= 11 is 2.03. The lowest BCUT2D eigenvalue weighted by Crippen LogP contribution is -2.19. The Morgan fingerprint density at radius 2 is 2.27 bits per heavy atom. The van der Waals surface area contributed by atoms with Crippen molar-refractivity contribution in [2.75, 3.05) is 11.5 Å². The fourth-order valence-electron chi connectivity index (χ4n) is 2.11. The van der Waals surface area contributed by atoms with Crippen LogP contribution in [-0.2, 0) is 6.42 Å². The number of rotatable bonds is 4. The van der Waals surface area contributed by atoms with E-state index < -0.39 is 0 Å². The smallest absolute Gasteiger partial charge is 0.106 e. The average molecular weight is 226 g/mol. The maximum atomic E-state index is 9.91. The SMILES string of the molecule is OC(Cc1ccco1)CC1CCSCC1. The molecule has 2 rings (SSSR count). The van der Waals surface area contributed by atoms with Crippen molar-refractivity contribution in [2.45, 2.75) is 31.8 Å². The van der Waals surface area contributed by atoms with E-state index in [1.54, 1.807) is 6.26 Å². The summed E-state index contributed by atoms with van der Waals surface area (Å²) in [5, 5.41) is 9.91. The van der Waals surface area contributed by atoms with E-state index in [0.29, 0.717) is 6.42 Å². The third-order valence-electron chi connectivity index (χ3n) is 2.96. The van der Waals surface area contributed by atoms with E-state index in [-0.39, 0.29) is 6.10 Å². The zero-order valence-corrected chi connectivity index (χ0v) is 9.71. The molecule has 0 saturated carbocycles. The average Bonchev–Trinajstić information content (AvgIpc) is 2.71. The molecule has 1 aliphatic rings. The minimum atomic E-state index is -0.232. The second kappa shape index (κ2) is 5.61. The molecule has 1 unspecified atom stereocenters. The molecule has 1 saturated heterocycles. The fraction of sp³-hybridized carbons (Fsp3) is 0.667. The summed E-state index contributed by atoms with van der Waals surface area (Å²) < 4.78 is 5.23. The van der Waals surface area contributed by atoms with Gasteiger partial charge in [0.15, 0.2) is 0 Å². The van der Waals surface area contributed by atoms with Crippen LogP contribution in [0.5, 0.6) is 0 Å². The van der Waals surface area contributed by atoms with E-state index in [2.05, 4.69) is 0 Å². The second-order valence-corrected chi connectivity index (χ2v) is 5.45. The maximum absolute atomic E-state index is 9.91.